The zero-order valence-electron chi connectivity index (χ0n) is 14.3. The second-order valence-corrected chi connectivity index (χ2v) is 7.74. The number of pyridine rings is 1. The first-order valence-electron chi connectivity index (χ1n) is 7.69. The van der Waals surface area contributed by atoms with Gasteiger partial charge >= 0.3 is 5.97 Å². The molecule has 22 heavy (non-hydrogen) atoms. The summed E-state index contributed by atoms with van der Waals surface area (Å²) in [6.07, 6.45) is 1.78. The summed E-state index contributed by atoms with van der Waals surface area (Å²) < 4.78 is 2.04. The van der Waals surface area contributed by atoms with Gasteiger partial charge in [0.1, 0.15) is 5.56 Å². The minimum absolute atomic E-state index is 0.0438. The van der Waals surface area contributed by atoms with Crippen molar-refractivity contribution in [1.82, 2.24) is 9.88 Å². The van der Waals surface area contributed by atoms with Crippen molar-refractivity contribution in [1.29, 1.82) is 0 Å². The number of rotatable bonds is 2. The molecule has 0 saturated carbocycles. The van der Waals surface area contributed by atoms with E-state index >= 15 is 0 Å². The number of aryl methyl sites for hydroxylation is 1. The number of aromatic carboxylic acids is 1. The van der Waals surface area contributed by atoms with Crippen LogP contribution in [0.5, 0.6) is 0 Å². The lowest BCUT2D eigenvalue weighted by atomic mass is 9.79. The van der Waals surface area contributed by atoms with E-state index < -0.39 is 11.4 Å². The summed E-state index contributed by atoms with van der Waals surface area (Å²) in [5.74, 6) is -1.15. The molecule has 1 aromatic rings. The zero-order valence-corrected chi connectivity index (χ0v) is 14.3. The van der Waals surface area contributed by atoms with Gasteiger partial charge in [0, 0.05) is 34.6 Å². The average Bonchev–Trinajstić information content (AvgIpc) is 2.21. The highest BCUT2D eigenvalue weighted by Crippen LogP contribution is 2.37. The van der Waals surface area contributed by atoms with E-state index in [4.69, 9.17) is 0 Å². The normalized spacial score (nSPS) is 20.8. The van der Waals surface area contributed by atoms with E-state index in [1.54, 1.807) is 6.92 Å². The molecule has 0 radical (unpaired) electrons. The number of carbonyl (C=O) groups is 1. The fraction of sp³-hybridized carbons (Fsp3) is 0.647. The molecule has 5 nitrogen and oxygen atoms in total. The summed E-state index contributed by atoms with van der Waals surface area (Å²) in [6.45, 7) is 12.2. The summed E-state index contributed by atoms with van der Waals surface area (Å²) >= 11 is 0. The van der Waals surface area contributed by atoms with Crippen molar-refractivity contribution in [3.05, 3.63) is 33.2 Å². The lowest BCUT2D eigenvalue weighted by Gasteiger charge is -2.48. The Morgan fingerprint density at radius 2 is 1.73 bits per heavy atom. The van der Waals surface area contributed by atoms with E-state index in [9.17, 15) is 14.7 Å². The quantitative estimate of drug-likeness (QED) is 0.881. The van der Waals surface area contributed by atoms with Crippen molar-refractivity contribution in [2.45, 2.75) is 71.5 Å². The molecule has 1 fully saturated rings. The maximum atomic E-state index is 12.0. The Labute approximate surface area is 131 Å². The molecule has 0 aromatic carbocycles. The summed E-state index contributed by atoms with van der Waals surface area (Å²) in [4.78, 5) is 23.4. The van der Waals surface area contributed by atoms with Gasteiger partial charge in [-0.15, -0.1) is 0 Å². The van der Waals surface area contributed by atoms with E-state index in [2.05, 4.69) is 33.0 Å². The van der Waals surface area contributed by atoms with Gasteiger partial charge in [0.25, 0.3) is 0 Å². The Bertz CT molecular complexity index is 655. The van der Waals surface area contributed by atoms with Gasteiger partial charge in [0.05, 0.1) is 0 Å². The third kappa shape index (κ3) is 3.09. The van der Waals surface area contributed by atoms with Crippen LogP contribution in [0.25, 0.3) is 0 Å². The molecule has 1 saturated heterocycles. The van der Waals surface area contributed by atoms with E-state index in [1.165, 1.54) is 6.07 Å². The van der Waals surface area contributed by atoms with Gasteiger partial charge in [-0.2, -0.15) is 0 Å². The number of aromatic nitrogens is 1. The molecular formula is C17H26N2O3. The van der Waals surface area contributed by atoms with Crippen LogP contribution in [0.2, 0.25) is 0 Å². The minimum atomic E-state index is -1.15. The number of piperidine rings is 1. The van der Waals surface area contributed by atoms with Crippen LogP contribution >= 0.6 is 0 Å². The van der Waals surface area contributed by atoms with E-state index in [0.717, 1.165) is 18.5 Å². The Balaban J connectivity index is 2.60. The second kappa shape index (κ2) is 5.23. The number of carboxylic acids is 1. The van der Waals surface area contributed by atoms with Crippen LogP contribution in [0.1, 0.15) is 68.3 Å². The molecule has 5 heteroatoms. The van der Waals surface area contributed by atoms with Gasteiger partial charge in [-0.1, -0.05) is 0 Å². The van der Waals surface area contributed by atoms with Crippen LogP contribution in [0.3, 0.4) is 0 Å². The van der Waals surface area contributed by atoms with E-state index in [0.29, 0.717) is 5.69 Å². The minimum Gasteiger partial charge on any atom is -0.477 e. The van der Waals surface area contributed by atoms with Crippen LogP contribution < -0.4 is 10.7 Å². The molecule has 1 aliphatic rings. The van der Waals surface area contributed by atoms with Crippen LogP contribution in [0.15, 0.2) is 10.9 Å². The largest absolute Gasteiger partial charge is 0.477 e. The predicted molar refractivity (Wildman–Crippen MR) is 86.7 cm³/mol. The van der Waals surface area contributed by atoms with E-state index in [1.807, 2.05) is 11.5 Å². The summed E-state index contributed by atoms with van der Waals surface area (Å²) in [5.41, 5.74) is 0.767. The maximum absolute atomic E-state index is 12.0. The Morgan fingerprint density at radius 1 is 1.23 bits per heavy atom. The Kier molecular flexibility index (Phi) is 3.98. The summed E-state index contributed by atoms with van der Waals surface area (Å²) in [7, 11) is 0. The molecule has 122 valence electrons. The second-order valence-electron chi connectivity index (χ2n) is 7.74. The molecular weight excluding hydrogens is 280 g/mol. The number of hydrogen-bond acceptors (Lipinski definition) is 3. The summed E-state index contributed by atoms with van der Waals surface area (Å²) in [5, 5.41) is 13.0. The fourth-order valence-corrected chi connectivity index (χ4v) is 4.17. The Morgan fingerprint density at radius 3 is 2.18 bits per heavy atom. The van der Waals surface area contributed by atoms with Crippen LogP contribution in [0, 0.1) is 13.8 Å². The lowest BCUT2D eigenvalue weighted by Crippen LogP contribution is -2.58. The lowest BCUT2D eigenvalue weighted by molar-refractivity contribution is 0.0692. The van der Waals surface area contributed by atoms with Crippen molar-refractivity contribution in [3.63, 3.8) is 0 Å². The number of carboxylic acid groups (broad SMARTS) is 1. The third-order valence-electron chi connectivity index (χ3n) is 4.44. The molecule has 0 atom stereocenters. The summed E-state index contributed by atoms with van der Waals surface area (Å²) in [6, 6.07) is 1.61. The van der Waals surface area contributed by atoms with E-state index in [-0.39, 0.29) is 22.7 Å². The van der Waals surface area contributed by atoms with Crippen LogP contribution in [-0.4, -0.2) is 26.7 Å². The van der Waals surface area contributed by atoms with Gasteiger partial charge in [-0.3, -0.25) is 4.79 Å². The van der Waals surface area contributed by atoms with Crippen molar-refractivity contribution in [3.8, 4) is 0 Å². The number of nitrogens with one attached hydrogen (secondary N) is 1. The molecule has 1 aliphatic heterocycles. The highest BCUT2D eigenvalue weighted by atomic mass is 16.4. The molecule has 0 bridgehead atoms. The Hall–Kier alpha value is -1.62. The van der Waals surface area contributed by atoms with Crippen molar-refractivity contribution in [2.75, 3.05) is 0 Å². The fourth-order valence-electron chi connectivity index (χ4n) is 4.17. The molecule has 2 N–H and O–H groups in total. The van der Waals surface area contributed by atoms with Crippen molar-refractivity contribution < 1.29 is 9.90 Å². The topological polar surface area (TPSA) is 71.3 Å². The van der Waals surface area contributed by atoms with Gasteiger partial charge in [-0.25, -0.2) is 4.79 Å². The first-order valence-corrected chi connectivity index (χ1v) is 7.69. The average molecular weight is 306 g/mol. The van der Waals surface area contributed by atoms with Crippen molar-refractivity contribution in [2.24, 2.45) is 0 Å². The van der Waals surface area contributed by atoms with Crippen LogP contribution in [-0.2, 0) is 0 Å². The van der Waals surface area contributed by atoms with Crippen LogP contribution in [0.4, 0.5) is 0 Å². The van der Waals surface area contributed by atoms with Gasteiger partial charge in [0.15, 0.2) is 5.43 Å². The SMILES string of the molecule is Cc1cc(=O)c(C(=O)O)c(C)n1C1CC(C)(C)NC(C)(C)C1. The first kappa shape index (κ1) is 16.7. The van der Waals surface area contributed by atoms with Gasteiger partial charge in [-0.05, 0) is 54.4 Å². The smallest absolute Gasteiger partial charge is 0.341 e. The zero-order chi connectivity index (χ0) is 16.9. The standard InChI is InChI=1S/C17H26N2O3/c1-10-7-13(20)14(15(21)22)11(2)19(10)12-8-16(3,4)18-17(5,6)9-12/h7,12,18H,8-9H2,1-6H3,(H,21,22). The monoisotopic (exact) mass is 306 g/mol. The molecule has 0 aliphatic carbocycles. The third-order valence-corrected chi connectivity index (χ3v) is 4.44. The first-order chi connectivity index (χ1) is 9.93. The molecule has 1 aromatic heterocycles. The molecule has 0 unspecified atom stereocenters. The molecule has 2 heterocycles. The molecule has 0 amide bonds. The highest BCUT2D eigenvalue weighted by molar-refractivity contribution is 5.88. The predicted octanol–water partition coefficient (Wildman–Crippen LogP) is 2.65. The van der Waals surface area contributed by atoms with Gasteiger partial charge in [0.2, 0.25) is 0 Å². The molecule has 0 spiro atoms. The van der Waals surface area contributed by atoms with Gasteiger partial charge < -0.3 is 15.0 Å². The number of hydrogen-bond donors (Lipinski definition) is 2. The number of nitrogens with zero attached hydrogens (tertiary/aromatic N) is 1. The van der Waals surface area contributed by atoms with Crippen molar-refractivity contribution >= 4 is 5.97 Å². The maximum Gasteiger partial charge on any atom is 0.341 e. The molecule has 2 rings (SSSR count). The highest BCUT2D eigenvalue weighted by Gasteiger charge is 2.39.